The second-order valence-corrected chi connectivity index (χ2v) is 7.91. The van der Waals surface area contributed by atoms with Crippen molar-refractivity contribution >= 4 is 23.4 Å². The number of carbonyl (C=O) groups is 2. The van der Waals surface area contributed by atoms with Gasteiger partial charge in [-0.15, -0.1) is 0 Å². The first kappa shape index (κ1) is 22.9. The van der Waals surface area contributed by atoms with E-state index in [4.69, 9.17) is 22.1 Å². The molecule has 0 aromatic carbocycles. The molecule has 7 nitrogen and oxygen atoms in total. The summed E-state index contributed by atoms with van der Waals surface area (Å²) in [4.78, 5) is 34.4. The number of aromatic nitrogens is 2. The second kappa shape index (κ2) is 10.00. The normalized spacial score (nSPS) is 14.4. The molecule has 31 heavy (non-hydrogen) atoms. The van der Waals surface area contributed by atoms with Crippen molar-refractivity contribution in [1.82, 2.24) is 14.9 Å². The monoisotopic (exact) mass is 452 g/mol. The van der Waals surface area contributed by atoms with Crippen LogP contribution in [0.25, 0.3) is 0 Å². The third-order valence-electron chi connectivity index (χ3n) is 5.04. The number of carbonyl (C=O) groups excluding carboxylic acids is 2. The van der Waals surface area contributed by atoms with Gasteiger partial charge in [0.2, 0.25) is 17.7 Å². The molecule has 2 amide bonds. The summed E-state index contributed by atoms with van der Waals surface area (Å²) < 4.78 is 29.7. The van der Waals surface area contributed by atoms with Crippen LogP contribution in [0.5, 0.6) is 5.88 Å². The van der Waals surface area contributed by atoms with Crippen LogP contribution in [0.4, 0.5) is 8.78 Å². The third-order valence-corrected chi connectivity index (χ3v) is 5.31. The van der Waals surface area contributed by atoms with Gasteiger partial charge in [0.05, 0.1) is 18.3 Å². The molecule has 1 aliphatic carbocycles. The van der Waals surface area contributed by atoms with E-state index in [1.54, 1.807) is 17.0 Å². The number of nitrogens with zero attached hydrogens (tertiary/aromatic N) is 3. The van der Waals surface area contributed by atoms with Crippen LogP contribution in [0.3, 0.4) is 0 Å². The van der Waals surface area contributed by atoms with E-state index >= 15 is 0 Å². The summed E-state index contributed by atoms with van der Waals surface area (Å²) in [6, 6.07) is 4.18. The van der Waals surface area contributed by atoms with Crippen LogP contribution >= 0.6 is 11.6 Å². The van der Waals surface area contributed by atoms with Crippen molar-refractivity contribution in [2.45, 2.75) is 45.2 Å². The number of hydrogen-bond acceptors (Lipinski definition) is 5. The molecule has 2 aromatic heterocycles. The van der Waals surface area contributed by atoms with E-state index in [0.717, 1.165) is 12.8 Å². The predicted octanol–water partition coefficient (Wildman–Crippen LogP) is 3.76. The SMILES string of the molecule is CC(c1cnc(OCC(F)F)c(Cl)c1)N(Cc1cc(C(N)=O)ccn1)C(=O)CC1CC1. The summed E-state index contributed by atoms with van der Waals surface area (Å²) in [5.41, 5.74) is 6.78. The molecule has 2 aromatic rings. The van der Waals surface area contributed by atoms with Crippen LogP contribution in [0, 0.1) is 5.92 Å². The van der Waals surface area contributed by atoms with Gasteiger partial charge >= 0.3 is 0 Å². The molecule has 1 saturated carbocycles. The zero-order chi connectivity index (χ0) is 22.5. The van der Waals surface area contributed by atoms with Gasteiger partial charge in [-0.3, -0.25) is 14.6 Å². The zero-order valence-corrected chi connectivity index (χ0v) is 17.7. The zero-order valence-electron chi connectivity index (χ0n) is 16.9. The van der Waals surface area contributed by atoms with Crippen molar-refractivity contribution in [3.63, 3.8) is 0 Å². The van der Waals surface area contributed by atoms with E-state index in [2.05, 4.69) is 9.97 Å². The Morgan fingerprint density at radius 2 is 2.06 bits per heavy atom. The summed E-state index contributed by atoms with van der Waals surface area (Å²) in [6.07, 6.45) is 2.73. The number of primary amides is 1. The number of nitrogens with two attached hydrogens (primary N) is 1. The van der Waals surface area contributed by atoms with Gasteiger partial charge in [-0.2, -0.15) is 0 Å². The predicted molar refractivity (Wildman–Crippen MR) is 110 cm³/mol. The topological polar surface area (TPSA) is 98.4 Å². The molecular formula is C21H23ClF2N4O3. The number of amides is 2. The molecule has 3 rings (SSSR count). The van der Waals surface area contributed by atoms with Crippen molar-refractivity contribution in [3.05, 3.63) is 52.4 Å². The lowest BCUT2D eigenvalue weighted by Crippen LogP contribution is -2.34. The number of rotatable bonds is 10. The lowest BCUT2D eigenvalue weighted by Gasteiger charge is -2.30. The van der Waals surface area contributed by atoms with Gasteiger partial charge in [-0.25, -0.2) is 13.8 Å². The van der Waals surface area contributed by atoms with E-state index in [1.807, 2.05) is 6.92 Å². The highest BCUT2D eigenvalue weighted by molar-refractivity contribution is 6.31. The van der Waals surface area contributed by atoms with Gasteiger partial charge in [0.15, 0.2) is 6.61 Å². The van der Waals surface area contributed by atoms with Gasteiger partial charge < -0.3 is 15.4 Å². The Kier molecular flexibility index (Phi) is 7.37. The Bertz CT molecular complexity index is 956. The van der Waals surface area contributed by atoms with E-state index in [1.165, 1.54) is 18.5 Å². The lowest BCUT2D eigenvalue weighted by atomic mass is 10.1. The Balaban J connectivity index is 1.82. The minimum absolute atomic E-state index is 0.0598. The smallest absolute Gasteiger partial charge is 0.272 e. The molecule has 0 radical (unpaired) electrons. The first-order valence-electron chi connectivity index (χ1n) is 9.85. The fourth-order valence-electron chi connectivity index (χ4n) is 3.12. The summed E-state index contributed by atoms with van der Waals surface area (Å²) in [5, 5.41) is 0.0773. The largest absolute Gasteiger partial charge is 0.471 e. The fraction of sp³-hybridized carbons (Fsp3) is 0.429. The molecule has 2 heterocycles. The number of halogens is 3. The molecule has 0 spiro atoms. The average Bonchev–Trinajstić information content (AvgIpc) is 3.54. The van der Waals surface area contributed by atoms with Gasteiger partial charge in [0, 0.05) is 24.4 Å². The Morgan fingerprint density at radius 1 is 1.32 bits per heavy atom. The molecule has 1 fully saturated rings. The summed E-state index contributed by atoms with van der Waals surface area (Å²) in [7, 11) is 0. The van der Waals surface area contributed by atoms with Crippen LogP contribution in [-0.4, -0.2) is 39.7 Å². The second-order valence-electron chi connectivity index (χ2n) is 7.50. The molecule has 1 aliphatic rings. The minimum Gasteiger partial charge on any atom is -0.471 e. The highest BCUT2D eigenvalue weighted by Gasteiger charge is 2.30. The van der Waals surface area contributed by atoms with E-state index in [9.17, 15) is 18.4 Å². The lowest BCUT2D eigenvalue weighted by molar-refractivity contribution is -0.134. The van der Waals surface area contributed by atoms with Crippen LogP contribution in [-0.2, 0) is 11.3 Å². The molecule has 1 atom stereocenters. The van der Waals surface area contributed by atoms with Crippen molar-refractivity contribution in [2.75, 3.05) is 6.61 Å². The Labute approximate surface area is 183 Å². The molecule has 0 bridgehead atoms. The quantitative estimate of drug-likeness (QED) is 0.591. The number of alkyl halides is 2. The van der Waals surface area contributed by atoms with E-state index < -0.39 is 25.0 Å². The molecule has 10 heteroatoms. The number of ether oxygens (including phenoxy) is 1. The van der Waals surface area contributed by atoms with Gasteiger partial charge in [0.25, 0.3) is 6.43 Å². The minimum atomic E-state index is -2.64. The Hall–Kier alpha value is -2.81. The molecule has 2 N–H and O–H groups in total. The van der Waals surface area contributed by atoms with Crippen LogP contribution in [0.15, 0.2) is 30.6 Å². The Morgan fingerprint density at radius 3 is 2.68 bits per heavy atom. The summed E-state index contributed by atoms with van der Waals surface area (Å²) in [6.45, 7) is 1.17. The van der Waals surface area contributed by atoms with Crippen LogP contribution < -0.4 is 10.5 Å². The maximum Gasteiger partial charge on any atom is 0.272 e. The third kappa shape index (κ3) is 6.33. The van der Waals surface area contributed by atoms with Gasteiger partial charge in [-0.05, 0) is 49.4 Å². The average molecular weight is 453 g/mol. The van der Waals surface area contributed by atoms with Crippen LogP contribution in [0.1, 0.15) is 53.8 Å². The van der Waals surface area contributed by atoms with Crippen molar-refractivity contribution in [2.24, 2.45) is 11.7 Å². The highest BCUT2D eigenvalue weighted by atomic mass is 35.5. The standard InChI is InChI=1S/C21H23ClF2N4O3/c1-12(15-8-17(22)21(27-9-15)31-11-18(23)24)28(19(29)6-13-2-3-13)10-16-7-14(20(25)30)4-5-26-16/h4-5,7-9,12-13,18H,2-3,6,10-11H2,1H3,(H2,25,30). The summed E-state index contributed by atoms with van der Waals surface area (Å²) >= 11 is 6.15. The molecule has 166 valence electrons. The maximum absolute atomic E-state index is 13.0. The molecular weight excluding hydrogens is 430 g/mol. The fourth-order valence-corrected chi connectivity index (χ4v) is 3.35. The van der Waals surface area contributed by atoms with Gasteiger partial charge in [0.1, 0.15) is 5.02 Å². The van der Waals surface area contributed by atoms with Crippen LogP contribution in [0.2, 0.25) is 5.02 Å². The molecule has 1 unspecified atom stereocenters. The van der Waals surface area contributed by atoms with Crippen molar-refractivity contribution in [3.8, 4) is 5.88 Å². The van der Waals surface area contributed by atoms with E-state index in [0.29, 0.717) is 29.2 Å². The van der Waals surface area contributed by atoms with Gasteiger partial charge in [-0.1, -0.05) is 11.6 Å². The summed E-state index contributed by atoms with van der Waals surface area (Å²) in [5.74, 6) is -0.359. The molecule has 0 saturated heterocycles. The first-order chi connectivity index (χ1) is 14.7. The maximum atomic E-state index is 13.0. The van der Waals surface area contributed by atoms with E-state index in [-0.39, 0.29) is 23.4 Å². The number of pyridine rings is 2. The van der Waals surface area contributed by atoms with Crippen molar-refractivity contribution in [1.29, 1.82) is 0 Å². The van der Waals surface area contributed by atoms with Crippen molar-refractivity contribution < 1.29 is 23.1 Å². The molecule has 0 aliphatic heterocycles. The number of hydrogen-bond donors (Lipinski definition) is 1. The first-order valence-corrected chi connectivity index (χ1v) is 10.2. The highest BCUT2D eigenvalue weighted by Crippen LogP contribution is 2.35.